The Morgan fingerprint density at radius 1 is 1.28 bits per heavy atom. The third kappa shape index (κ3) is 4.41. The van der Waals surface area contributed by atoms with Crippen LogP contribution in [0.3, 0.4) is 0 Å². The van der Waals surface area contributed by atoms with Crippen LogP contribution in [0.4, 0.5) is 8.78 Å². The SMILES string of the molecule is CC(N)C(C)C(=O)NCCc1cc(F)cc(F)c1. The zero-order chi connectivity index (χ0) is 13.7. The van der Waals surface area contributed by atoms with Gasteiger partial charge in [-0.3, -0.25) is 4.79 Å². The van der Waals surface area contributed by atoms with E-state index in [9.17, 15) is 13.6 Å². The van der Waals surface area contributed by atoms with Crippen LogP contribution >= 0.6 is 0 Å². The van der Waals surface area contributed by atoms with Gasteiger partial charge in [0.1, 0.15) is 11.6 Å². The average Bonchev–Trinajstić information content (AvgIpc) is 2.26. The van der Waals surface area contributed by atoms with Crippen molar-refractivity contribution in [2.75, 3.05) is 6.54 Å². The Hall–Kier alpha value is -1.49. The summed E-state index contributed by atoms with van der Waals surface area (Å²) in [6, 6.07) is 3.10. The number of hydrogen-bond donors (Lipinski definition) is 2. The van der Waals surface area contributed by atoms with E-state index < -0.39 is 11.6 Å². The van der Waals surface area contributed by atoms with Gasteiger partial charge in [0.2, 0.25) is 5.91 Å². The summed E-state index contributed by atoms with van der Waals surface area (Å²) in [7, 11) is 0. The van der Waals surface area contributed by atoms with Crippen molar-refractivity contribution in [2.24, 2.45) is 11.7 Å². The van der Waals surface area contributed by atoms with Crippen LogP contribution in [0.5, 0.6) is 0 Å². The summed E-state index contributed by atoms with van der Waals surface area (Å²) in [5, 5.41) is 2.69. The smallest absolute Gasteiger partial charge is 0.224 e. The summed E-state index contributed by atoms with van der Waals surface area (Å²) in [4.78, 5) is 11.6. The number of nitrogens with two attached hydrogens (primary N) is 1. The molecule has 1 amide bonds. The van der Waals surface area contributed by atoms with E-state index in [4.69, 9.17) is 5.73 Å². The van der Waals surface area contributed by atoms with E-state index in [1.807, 2.05) is 0 Å². The van der Waals surface area contributed by atoms with Crippen LogP contribution in [-0.4, -0.2) is 18.5 Å². The molecule has 0 saturated carbocycles. The molecule has 3 N–H and O–H groups in total. The molecule has 0 radical (unpaired) electrons. The zero-order valence-electron chi connectivity index (χ0n) is 10.5. The van der Waals surface area contributed by atoms with Crippen LogP contribution < -0.4 is 11.1 Å². The summed E-state index contributed by atoms with van der Waals surface area (Å²) in [5.74, 6) is -1.66. The fourth-order valence-corrected chi connectivity index (χ4v) is 1.49. The Kier molecular flexibility index (Phi) is 5.22. The Balaban J connectivity index is 2.44. The lowest BCUT2D eigenvalue weighted by molar-refractivity contribution is -0.124. The zero-order valence-corrected chi connectivity index (χ0v) is 10.5. The van der Waals surface area contributed by atoms with Crippen LogP contribution in [0.25, 0.3) is 0 Å². The number of benzene rings is 1. The fraction of sp³-hybridized carbons (Fsp3) is 0.462. The summed E-state index contributed by atoms with van der Waals surface area (Å²) in [6.07, 6.45) is 0.381. The van der Waals surface area contributed by atoms with Gasteiger partial charge in [0.25, 0.3) is 0 Å². The minimum Gasteiger partial charge on any atom is -0.355 e. The van der Waals surface area contributed by atoms with Crippen molar-refractivity contribution in [1.82, 2.24) is 5.32 Å². The molecule has 100 valence electrons. The van der Waals surface area contributed by atoms with Gasteiger partial charge in [0, 0.05) is 24.6 Å². The van der Waals surface area contributed by atoms with E-state index in [0.717, 1.165) is 6.07 Å². The number of halogens is 2. The van der Waals surface area contributed by atoms with Crippen LogP contribution in [0.1, 0.15) is 19.4 Å². The number of rotatable bonds is 5. The predicted molar refractivity (Wildman–Crippen MR) is 65.9 cm³/mol. The second kappa shape index (κ2) is 6.44. The highest BCUT2D eigenvalue weighted by Gasteiger charge is 2.16. The minimum absolute atomic E-state index is 0.151. The molecule has 0 spiro atoms. The van der Waals surface area contributed by atoms with Gasteiger partial charge in [-0.1, -0.05) is 6.92 Å². The van der Waals surface area contributed by atoms with Crippen molar-refractivity contribution in [1.29, 1.82) is 0 Å². The monoisotopic (exact) mass is 256 g/mol. The third-order valence-corrected chi connectivity index (χ3v) is 2.84. The number of carbonyl (C=O) groups is 1. The van der Waals surface area contributed by atoms with Gasteiger partial charge in [-0.05, 0) is 31.0 Å². The van der Waals surface area contributed by atoms with Crippen molar-refractivity contribution in [3.8, 4) is 0 Å². The lowest BCUT2D eigenvalue weighted by atomic mass is 10.0. The van der Waals surface area contributed by atoms with E-state index in [1.165, 1.54) is 12.1 Å². The molecule has 1 aromatic rings. The standard InChI is InChI=1S/C13H18F2N2O/c1-8(9(2)16)13(18)17-4-3-10-5-11(14)7-12(15)6-10/h5-9H,3-4,16H2,1-2H3,(H,17,18). The maximum atomic E-state index is 12.9. The first-order chi connectivity index (χ1) is 8.40. The predicted octanol–water partition coefficient (Wildman–Crippen LogP) is 1.61. The van der Waals surface area contributed by atoms with Gasteiger partial charge < -0.3 is 11.1 Å². The second-order valence-electron chi connectivity index (χ2n) is 4.47. The summed E-state index contributed by atoms with van der Waals surface area (Å²) in [5.41, 5.74) is 6.11. The summed E-state index contributed by atoms with van der Waals surface area (Å²) < 4.78 is 25.8. The first-order valence-electron chi connectivity index (χ1n) is 5.88. The molecule has 0 aromatic heterocycles. The largest absolute Gasteiger partial charge is 0.355 e. The molecular formula is C13H18F2N2O. The molecule has 0 aliphatic rings. The van der Waals surface area contributed by atoms with Gasteiger partial charge in [0.15, 0.2) is 0 Å². The molecule has 2 unspecified atom stereocenters. The van der Waals surface area contributed by atoms with Crippen molar-refractivity contribution in [3.05, 3.63) is 35.4 Å². The van der Waals surface area contributed by atoms with Crippen molar-refractivity contribution in [3.63, 3.8) is 0 Å². The molecule has 1 aromatic carbocycles. The Bertz CT molecular complexity index is 401. The highest BCUT2D eigenvalue weighted by Crippen LogP contribution is 2.08. The Morgan fingerprint density at radius 2 is 1.83 bits per heavy atom. The molecule has 0 bridgehead atoms. The van der Waals surface area contributed by atoms with Crippen LogP contribution in [0, 0.1) is 17.6 Å². The fourth-order valence-electron chi connectivity index (χ4n) is 1.49. The van der Waals surface area contributed by atoms with E-state index in [1.54, 1.807) is 13.8 Å². The van der Waals surface area contributed by atoms with Crippen LogP contribution in [0.15, 0.2) is 18.2 Å². The number of nitrogens with one attached hydrogen (secondary N) is 1. The highest BCUT2D eigenvalue weighted by atomic mass is 19.1. The Labute approximate surface area is 105 Å². The van der Waals surface area contributed by atoms with Crippen molar-refractivity contribution >= 4 is 5.91 Å². The van der Waals surface area contributed by atoms with Gasteiger partial charge in [-0.2, -0.15) is 0 Å². The molecule has 0 aliphatic heterocycles. The molecule has 0 heterocycles. The molecule has 0 fully saturated rings. The van der Waals surface area contributed by atoms with E-state index in [0.29, 0.717) is 18.5 Å². The molecule has 0 aliphatic carbocycles. The van der Waals surface area contributed by atoms with Crippen LogP contribution in [0.2, 0.25) is 0 Å². The maximum absolute atomic E-state index is 12.9. The van der Waals surface area contributed by atoms with Crippen molar-refractivity contribution in [2.45, 2.75) is 26.3 Å². The van der Waals surface area contributed by atoms with Crippen molar-refractivity contribution < 1.29 is 13.6 Å². The first-order valence-corrected chi connectivity index (χ1v) is 5.88. The average molecular weight is 256 g/mol. The van der Waals surface area contributed by atoms with Gasteiger partial charge in [-0.15, -0.1) is 0 Å². The topological polar surface area (TPSA) is 55.1 Å². The summed E-state index contributed by atoms with van der Waals surface area (Å²) in [6.45, 7) is 3.83. The molecule has 0 saturated heterocycles. The molecule has 1 rings (SSSR count). The quantitative estimate of drug-likeness (QED) is 0.841. The second-order valence-corrected chi connectivity index (χ2v) is 4.47. The Morgan fingerprint density at radius 3 is 2.33 bits per heavy atom. The maximum Gasteiger partial charge on any atom is 0.224 e. The first kappa shape index (κ1) is 14.6. The molecular weight excluding hydrogens is 238 g/mol. The third-order valence-electron chi connectivity index (χ3n) is 2.84. The highest BCUT2D eigenvalue weighted by molar-refractivity contribution is 5.78. The molecule has 18 heavy (non-hydrogen) atoms. The van der Waals surface area contributed by atoms with Crippen LogP contribution in [-0.2, 0) is 11.2 Å². The summed E-state index contributed by atoms with van der Waals surface area (Å²) >= 11 is 0. The number of carbonyl (C=O) groups excluding carboxylic acids is 1. The molecule has 2 atom stereocenters. The normalized spacial score (nSPS) is 14.1. The van der Waals surface area contributed by atoms with Gasteiger partial charge >= 0.3 is 0 Å². The lowest BCUT2D eigenvalue weighted by Crippen LogP contribution is -2.39. The lowest BCUT2D eigenvalue weighted by Gasteiger charge is -2.15. The molecule has 3 nitrogen and oxygen atoms in total. The number of hydrogen-bond acceptors (Lipinski definition) is 2. The van der Waals surface area contributed by atoms with Gasteiger partial charge in [0.05, 0.1) is 0 Å². The van der Waals surface area contributed by atoms with E-state index >= 15 is 0 Å². The molecule has 5 heteroatoms. The minimum atomic E-state index is -0.611. The van der Waals surface area contributed by atoms with E-state index in [2.05, 4.69) is 5.32 Å². The van der Waals surface area contributed by atoms with Gasteiger partial charge in [-0.25, -0.2) is 8.78 Å². The number of amides is 1. The van der Waals surface area contributed by atoms with E-state index in [-0.39, 0.29) is 17.9 Å².